The molecule has 1 aromatic heterocycles. The van der Waals surface area contributed by atoms with E-state index in [9.17, 15) is 0 Å². The van der Waals surface area contributed by atoms with Crippen molar-refractivity contribution in [2.75, 3.05) is 32.1 Å². The molecule has 86 valence electrons. The Labute approximate surface area is 112 Å². The van der Waals surface area contributed by atoms with Crippen LogP contribution in [0.2, 0.25) is 0 Å². The van der Waals surface area contributed by atoms with Gasteiger partial charge in [0, 0.05) is 37.0 Å². The van der Waals surface area contributed by atoms with Crippen LogP contribution in [0.3, 0.4) is 0 Å². The zero-order valence-electron chi connectivity index (χ0n) is 8.71. The van der Waals surface area contributed by atoms with Gasteiger partial charge in [0.15, 0.2) is 0 Å². The molecule has 0 atom stereocenters. The van der Waals surface area contributed by atoms with Crippen LogP contribution in [0.25, 0.3) is 0 Å². The maximum atomic E-state index is 5.10. The van der Waals surface area contributed by atoms with Crippen molar-refractivity contribution in [1.82, 2.24) is 4.90 Å². The highest BCUT2D eigenvalue weighted by Crippen LogP contribution is 2.23. The molecule has 15 heavy (non-hydrogen) atoms. The minimum absolute atomic E-state index is 0.791. The van der Waals surface area contributed by atoms with E-state index in [0.29, 0.717) is 0 Å². The van der Waals surface area contributed by atoms with Crippen molar-refractivity contribution in [2.24, 2.45) is 0 Å². The van der Waals surface area contributed by atoms with Gasteiger partial charge in [-0.05, 0) is 28.1 Å². The second-order valence-electron chi connectivity index (χ2n) is 3.16. The second-order valence-corrected chi connectivity index (χ2v) is 6.50. The van der Waals surface area contributed by atoms with E-state index in [4.69, 9.17) is 4.74 Å². The van der Waals surface area contributed by atoms with Gasteiger partial charge in [0.2, 0.25) is 0 Å². The molecular formula is C10H15Br2NOS. The Morgan fingerprint density at radius 2 is 2.20 bits per heavy atom. The first-order valence-corrected chi connectivity index (χ1v) is 7.51. The van der Waals surface area contributed by atoms with E-state index in [-0.39, 0.29) is 0 Å². The van der Waals surface area contributed by atoms with Crippen LogP contribution in [0.15, 0.2) is 15.9 Å². The molecule has 0 aliphatic rings. The molecular weight excluding hydrogens is 342 g/mol. The lowest BCUT2D eigenvalue weighted by molar-refractivity contribution is 0.149. The predicted octanol–water partition coefficient (Wildman–Crippen LogP) is 3.35. The maximum Gasteiger partial charge on any atom is 0.0701 e. The quantitative estimate of drug-likeness (QED) is 0.694. The Balaban J connectivity index is 2.42. The van der Waals surface area contributed by atoms with Gasteiger partial charge < -0.3 is 4.74 Å². The first-order valence-electron chi connectivity index (χ1n) is 4.77. The predicted molar refractivity (Wildman–Crippen MR) is 73.0 cm³/mol. The van der Waals surface area contributed by atoms with E-state index < -0.39 is 0 Å². The highest BCUT2D eigenvalue weighted by atomic mass is 79.9. The number of rotatable bonds is 7. The lowest BCUT2D eigenvalue weighted by Crippen LogP contribution is -2.28. The van der Waals surface area contributed by atoms with Crippen LogP contribution >= 0.6 is 43.2 Å². The van der Waals surface area contributed by atoms with Gasteiger partial charge in [0.1, 0.15) is 0 Å². The molecule has 1 rings (SSSR count). The smallest absolute Gasteiger partial charge is 0.0701 e. The largest absolute Gasteiger partial charge is 0.383 e. The molecule has 0 unspecified atom stereocenters. The van der Waals surface area contributed by atoms with Gasteiger partial charge in [-0.2, -0.15) is 0 Å². The lowest BCUT2D eigenvalue weighted by atomic mass is 10.4. The fraction of sp³-hybridized carbons (Fsp3) is 0.600. The fourth-order valence-corrected chi connectivity index (χ4v) is 3.29. The molecule has 1 heterocycles. The highest BCUT2D eigenvalue weighted by molar-refractivity contribution is 9.11. The van der Waals surface area contributed by atoms with Gasteiger partial charge in [0.25, 0.3) is 0 Å². The number of hydrogen-bond acceptors (Lipinski definition) is 3. The molecule has 0 aliphatic heterocycles. The summed E-state index contributed by atoms with van der Waals surface area (Å²) in [4.78, 5) is 3.77. The summed E-state index contributed by atoms with van der Waals surface area (Å²) in [7, 11) is 1.74. The number of nitrogens with zero attached hydrogens (tertiary/aromatic N) is 1. The Morgan fingerprint density at radius 3 is 2.73 bits per heavy atom. The summed E-state index contributed by atoms with van der Waals surface area (Å²) < 4.78 is 6.30. The lowest BCUT2D eigenvalue weighted by Gasteiger charge is -2.19. The molecule has 0 amide bonds. The van der Waals surface area contributed by atoms with E-state index in [1.807, 2.05) is 0 Å². The van der Waals surface area contributed by atoms with Gasteiger partial charge in [-0.15, -0.1) is 11.3 Å². The van der Waals surface area contributed by atoms with Gasteiger partial charge in [-0.25, -0.2) is 0 Å². The van der Waals surface area contributed by atoms with Crippen molar-refractivity contribution in [2.45, 2.75) is 6.54 Å². The van der Waals surface area contributed by atoms with Crippen molar-refractivity contribution in [3.8, 4) is 0 Å². The molecule has 2 nitrogen and oxygen atoms in total. The van der Waals surface area contributed by atoms with Crippen LogP contribution in [0.5, 0.6) is 0 Å². The summed E-state index contributed by atoms with van der Waals surface area (Å²) in [5, 5.41) is 1.00. The monoisotopic (exact) mass is 355 g/mol. The number of hydrogen-bond donors (Lipinski definition) is 0. The summed E-state index contributed by atoms with van der Waals surface area (Å²) in [6.45, 7) is 3.83. The molecule has 1 aromatic rings. The zero-order chi connectivity index (χ0) is 11.1. The minimum atomic E-state index is 0.791. The molecule has 0 radical (unpaired) electrons. The first-order chi connectivity index (χ1) is 7.26. The molecule has 0 aliphatic carbocycles. The number of alkyl halides is 1. The van der Waals surface area contributed by atoms with Crippen LogP contribution in [0.4, 0.5) is 0 Å². The van der Waals surface area contributed by atoms with Crippen LogP contribution in [0, 0.1) is 0 Å². The van der Waals surface area contributed by atoms with E-state index in [1.54, 1.807) is 18.4 Å². The third kappa shape index (κ3) is 5.45. The third-order valence-electron chi connectivity index (χ3n) is 2.02. The first kappa shape index (κ1) is 13.6. The van der Waals surface area contributed by atoms with Gasteiger partial charge in [-0.1, -0.05) is 15.9 Å². The van der Waals surface area contributed by atoms with E-state index in [0.717, 1.165) is 31.6 Å². The van der Waals surface area contributed by atoms with E-state index >= 15 is 0 Å². The molecule has 0 fully saturated rings. The zero-order valence-corrected chi connectivity index (χ0v) is 12.7. The molecule has 0 saturated heterocycles. The molecule has 0 bridgehead atoms. The summed E-state index contributed by atoms with van der Waals surface area (Å²) in [6.07, 6.45) is 0. The Morgan fingerprint density at radius 1 is 1.40 bits per heavy atom. The highest BCUT2D eigenvalue weighted by Gasteiger charge is 2.06. The number of thiophene rings is 1. The average Bonchev–Trinajstić information content (AvgIpc) is 2.61. The van der Waals surface area contributed by atoms with Crippen LogP contribution in [-0.4, -0.2) is 37.0 Å². The number of ether oxygens (including phenoxy) is 1. The van der Waals surface area contributed by atoms with Crippen molar-refractivity contribution in [3.05, 3.63) is 20.8 Å². The van der Waals surface area contributed by atoms with E-state index in [2.05, 4.69) is 48.9 Å². The topological polar surface area (TPSA) is 12.5 Å². The standard InChI is InChI=1S/C10H15Br2NOS/c1-14-7-6-13(5-4-11)8-9-2-3-10(12)15-9/h2-3H,4-8H2,1H3. The molecule has 0 saturated carbocycles. The summed E-state index contributed by atoms with van der Waals surface area (Å²) in [6, 6.07) is 4.27. The van der Waals surface area contributed by atoms with Crippen molar-refractivity contribution in [1.29, 1.82) is 0 Å². The van der Waals surface area contributed by atoms with Gasteiger partial charge in [0.05, 0.1) is 10.4 Å². The number of methoxy groups -OCH3 is 1. The minimum Gasteiger partial charge on any atom is -0.383 e. The summed E-state index contributed by atoms with van der Waals surface area (Å²) >= 11 is 8.75. The second kappa shape index (κ2) is 7.79. The molecule has 0 aromatic carbocycles. The summed E-state index contributed by atoms with van der Waals surface area (Å²) in [5.41, 5.74) is 0. The molecule has 0 N–H and O–H groups in total. The SMILES string of the molecule is COCCN(CCBr)Cc1ccc(Br)s1. The Hall–Kier alpha value is 0.580. The van der Waals surface area contributed by atoms with Crippen molar-refractivity contribution >= 4 is 43.2 Å². The maximum absolute atomic E-state index is 5.10. The van der Waals surface area contributed by atoms with Gasteiger partial charge >= 0.3 is 0 Å². The van der Waals surface area contributed by atoms with Crippen molar-refractivity contribution in [3.63, 3.8) is 0 Å². The fourth-order valence-electron chi connectivity index (χ4n) is 1.27. The summed E-state index contributed by atoms with van der Waals surface area (Å²) in [5.74, 6) is 0. The number of halogens is 2. The molecule has 5 heteroatoms. The Bertz CT molecular complexity index is 280. The van der Waals surface area contributed by atoms with Gasteiger partial charge in [-0.3, -0.25) is 4.90 Å². The third-order valence-corrected chi connectivity index (χ3v) is 3.98. The van der Waals surface area contributed by atoms with Crippen molar-refractivity contribution < 1.29 is 4.74 Å². The van der Waals surface area contributed by atoms with E-state index in [1.165, 1.54) is 8.66 Å². The van der Waals surface area contributed by atoms with Crippen LogP contribution in [0.1, 0.15) is 4.88 Å². The Kier molecular flexibility index (Phi) is 7.08. The van der Waals surface area contributed by atoms with Crippen LogP contribution < -0.4 is 0 Å². The van der Waals surface area contributed by atoms with Crippen LogP contribution in [-0.2, 0) is 11.3 Å². The molecule has 0 spiro atoms. The normalized spacial score (nSPS) is 11.2. The average molecular weight is 357 g/mol.